The van der Waals surface area contributed by atoms with Gasteiger partial charge in [0.15, 0.2) is 0 Å². The second-order valence-corrected chi connectivity index (χ2v) is 16.8. The van der Waals surface area contributed by atoms with Gasteiger partial charge in [0, 0.05) is 86.6 Å². The first-order chi connectivity index (χ1) is 24.4. The average molecular weight is 696 g/mol. The van der Waals surface area contributed by atoms with E-state index in [1.165, 1.54) is 10.4 Å². The van der Waals surface area contributed by atoms with E-state index in [-0.39, 0.29) is 47.1 Å². The Morgan fingerprint density at radius 1 is 0.980 bits per heavy atom. The number of amides is 2. The molecule has 2 bridgehead atoms. The minimum absolute atomic E-state index is 0.0208. The number of fused-ring (bicyclic) bond motifs is 3. The van der Waals surface area contributed by atoms with Gasteiger partial charge in [0.2, 0.25) is 5.91 Å². The lowest BCUT2D eigenvalue weighted by Crippen LogP contribution is -2.63. The van der Waals surface area contributed by atoms with Crippen LogP contribution in [0, 0.1) is 16.7 Å². The third kappa shape index (κ3) is 6.89. The van der Waals surface area contributed by atoms with Crippen LogP contribution in [-0.2, 0) is 9.59 Å². The molecule has 51 heavy (non-hydrogen) atoms. The Morgan fingerprint density at radius 3 is 2.31 bits per heavy atom. The standard InChI is InChI=1S/C40H53N7O4/c1-39(2)25-40(3,4)38(39)43-36(50)27-6-8-29(9-7-27)44-16-14-26(15-17-44)21-45-22-33-19-32(45)23-46(33)30-10-12-34-28(18-30)20-42-47(37(34)51)31(24-48)11-13-35(49)41-5/h6-10,12,18,20,24,26,31-33,38H,11,13-17,19,21-23,25H2,1-5H3,(H,41,49)(H,43,50). The molecule has 1 aliphatic carbocycles. The Hall–Kier alpha value is -4.25. The van der Waals surface area contributed by atoms with Crippen LogP contribution in [-0.4, -0.2) is 90.7 Å². The summed E-state index contributed by atoms with van der Waals surface area (Å²) in [5, 5.41) is 11.5. The van der Waals surface area contributed by atoms with E-state index in [1.807, 2.05) is 30.3 Å². The fourth-order valence-electron chi connectivity index (χ4n) is 9.95. The third-order valence-corrected chi connectivity index (χ3v) is 12.2. The molecule has 1 aromatic heterocycles. The first kappa shape index (κ1) is 35.2. The Kier molecular flexibility index (Phi) is 9.45. The first-order valence-electron chi connectivity index (χ1n) is 18.7. The summed E-state index contributed by atoms with van der Waals surface area (Å²) in [5.74, 6) is 0.517. The topological polar surface area (TPSA) is 120 Å². The number of nitrogens with zero attached hydrogens (tertiary/aromatic N) is 5. The minimum atomic E-state index is -0.782. The zero-order chi connectivity index (χ0) is 36.1. The van der Waals surface area contributed by atoms with Crippen LogP contribution < -0.4 is 26.0 Å². The number of benzene rings is 2. The van der Waals surface area contributed by atoms with Crippen LogP contribution in [0.1, 0.15) is 82.6 Å². The highest BCUT2D eigenvalue weighted by atomic mass is 16.2. The highest BCUT2D eigenvalue weighted by Crippen LogP contribution is 2.53. The van der Waals surface area contributed by atoms with Crippen molar-refractivity contribution in [3.63, 3.8) is 0 Å². The summed E-state index contributed by atoms with van der Waals surface area (Å²) < 4.78 is 1.20. The molecule has 4 aliphatic rings. The van der Waals surface area contributed by atoms with Crippen molar-refractivity contribution in [2.45, 2.75) is 90.4 Å². The SMILES string of the molecule is CNC(=O)CCC(C=O)n1ncc2cc(N3CC4CC3CN4CC3CCN(c4ccc(C(=O)NC5C(C)(C)CC5(C)C)cc4)CC3)ccc2c1=O. The number of anilines is 2. The molecule has 2 amide bonds. The van der Waals surface area contributed by atoms with E-state index < -0.39 is 6.04 Å². The Balaban J connectivity index is 0.900. The zero-order valence-electron chi connectivity index (χ0n) is 30.7. The fourth-order valence-corrected chi connectivity index (χ4v) is 9.95. The van der Waals surface area contributed by atoms with Gasteiger partial charge in [0.05, 0.1) is 11.6 Å². The maximum Gasteiger partial charge on any atom is 0.275 e. The molecule has 2 aromatic carbocycles. The van der Waals surface area contributed by atoms with Gasteiger partial charge in [-0.3, -0.25) is 19.3 Å². The lowest BCUT2D eigenvalue weighted by atomic mass is 9.52. The molecule has 3 aromatic rings. The van der Waals surface area contributed by atoms with E-state index in [9.17, 15) is 19.2 Å². The first-order valence-corrected chi connectivity index (χ1v) is 18.7. The van der Waals surface area contributed by atoms with E-state index in [1.54, 1.807) is 13.2 Å². The number of hydrogen-bond acceptors (Lipinski definition) is 8. The van der Waals surface area contributed by atoms with Crippen LogP contribution in [0.5, 0.6) is 0 Å². The molecule has 0 radical (unpaired) electrons. The van der Waals surface area contributed by atoms with Gasteiger partial charge in [-0.2, -0.15) is 5.10 Å². The average Bonchev–Trinajstić information content (AvgIpc) is 3.72. The van der Waals surface area contributed by atoms with Crippen LogP contribution in [0.25, 0.3) is 10.8 Å². The van der Waals surface area contributed by atoms with Gasteiger partial charge in [-0.15, -0.1) is 0 Å². The van der Waals surface area contributed by atoms with Gasteiger partial charge >= 0.3 is 0 Å². The Labute approximate surface area is 300 Å². The number of hydrogen-bond donors (Lipinski definition) is 2. The molecule has 2 N–H and O–H groups in total. The number of carbonyl (C=O) groups is 3. The minimum Gasteiger partial charge on any atom is -0.372 e. The molecule has 4 fully saturated rings. The number of piperidine rings is 1. The summed E-state index contributed by atoms with van der Waals surface area (Å²) in [6, 6.07) is 14.5. The van der Waals surface area contributed by atoms with Gasteiger partial charge < -0.3 is 25.2 Å². The summed E-state index contributed by atoms with van der Waals surface area (Å²) in [5.41, 5.74) is 2.97. The second kappa shape index (κ2) is 13.7. The normalized spacial score (nSPS) is 23.6. The number of rotatable bonds is 11. The van der Waals surface area contributed by atoms with Crippen molar-refractivity contribution in [3.05, 3.63) is 64.6 Å². The van der Waals surface area contributed by atoms with Crippen molar-refractivity contribution >= 4 is 40.2 Å². The summed E-state index contributed by atoms with van der Waals surface area (Å²) in [6.45, 7) is 14.2. The molecular formula is C40H53N7O4. The molecule has 11 nitrogen and oxygen atoms in total. The molecule has 3 saturated heterocycles. The van der Waals surface area contributed by atoms with Crippen LogP contribution >= 0.6 is 0 Å². The van der Waals surface area contributed by atoms with E-state index in [0.29, 0.717) is 29.7 Å². The van der Waals surface area contributed by atoms with Gasteiger partial charge in [0.25, 0.3) is 11.5 Å². The highest BCUT2D eigenvalue weighted by molar-refractivity contribution is 5.95. The number of aromatic nitrogens is 2. The monoisotopic (exact) mass is 695 g/mol. The zero-order valence-corrected chi connectivity index (χ0v) is 30.7. The van der Waals surface area contributed by atoms with Crippen LogP contribution in [0.15, 0.2) is 53.5 Å². The smallest absolute Gasteiger partial charge is 0.275 e. The van der Waals surface area contributed by atoms with E-state index in [0.717, 1.165) is 75.0 Å². The van der Waals surface area contributed by atoms with E-state index in [4.69, 9.17) is 0 Å². The summed E-state index contributed by atoms with van der Waals surface area (Å²) in [6.07, 6.45) is 7.31. The van der Waals surface area contributed by atoms with Crippen LogP contribution in [0.3, 0.4) is 0 Å². The number of likely N-dealkylation sites (tertiary alicyclic amines) is 1. The molecule has 7 rings (SSSR count). The quantitative estimate of drug-likeness (QED) is 0.284. The number of nitrogens with one attached hydrogen (secondary N) is 2. The summed E-state index contributed by atoms with van der Waals surface area (Å²) in [7, 11) is 1.55. The van der Waals surface area contributed by atoms with Crippen LogP contribution in [0.2, 0.25) is 0 Å². The molecule has 11 heteroatoms. The predicted octanol–water partition coefficient (Wildman–Crippen LogP) is 4.40. The third-order valence-electron chi connectivity index (χ3n) is 12.2. The van der Waals surface area contributed by atoms with Crippen LogP contribution in [0.4, 0.5) is 11.4 Å². The van der Waals surface area contributed by atoms with Gasteiger partial charge in [-0.1, -0.05) is 27.7 Å². The van der Waals surface area contributed by atoms with Gasteiger partial charge in [-0.05, 0) is 91.3 Å². The van der Waals surface area contributed by atoms with Gasteiger partial charge in [0.1, 0.15) is 12.3 Å². The molecule has 3 unspecified atom stereocenters. The molecule has 1 saturated carbocycles. The molecule has 272 valence electrons. The van der Waals surface area contributed by atoms with Crippen molar-refractivity contribution in [1.82, 2.24) is 25.3 Å². The highest BCUT2D eigenvalue weighted by Gasteiger charge is 2.53. The van der Waals surface area contributed by atoms with Crippen molar-refractivity contribution in [2.24, 2.45) is 16.7 Å². The number of piperazine rings is 1. The van der Waals surface area contributed by atoms with Crippen molar-refractivity contribution in [1.29, 1.82) is 0 Å². The van der Waals surface area contributed by atoms with Gasteiger partial charge in [-0.25, -0.2) is 4.68 Å². The van der Waals surface area contributed by atoms with E-state index >= 15 is 0 Å². The summed E-state index contributed by atoms with van der Waals surface area (Å²) in [4.78, 5) is 57.4. The Morgan fingerprint density at radius 2 is 1.69 bits per heavy atom. The lowest BCUT2D eigenvalue weighted by molar-refractivity contribution is -0.121. The van der Waals surface area contributed by atoms with Crippen molar-refractivity contribution in [2.75, 3.05) is 49.6 Å². The molecule has 4 heterocycles. The largest absolute Gasteiger partial charge is 0.372 e. The Bertz CT molecular complexity index is 1830. The molecule has 3 aliphatic heterocycles. The number of carbonyl (C=O) groups excluding carboxylic acids is 3. The summed E-state index contributed by atoms with van der Waals surface area (Å²) >= 11 is 0. The second-order valence-electron chi connectivity index (χ2n) is 16.8. The molecule has 3 atom stereocenters. The van der Waals surface area contributed by atoms with E-state index in [2.05, 4.69) is 70.3 Å². The maximum atomic E-state index is 13.3. The molecule has 0 spiro atoms. The van der Waals surface area contributed by atoms with Crippen molar-refractivity contribution < 1.29 is 14.4 Å². The fraction of sp³-hybridized carbons (Fsp3) is 0.575. The predicted molar refractivity (Wildman–Crippen MR) is 200 cm³/mol. The molecular weight excluding hydrogens is 642 g/mol. The van der Waals surface area contributed by atoms with Crippen molar-refractivity contribution in [3.8, 4) is 0 Å². The maximum absolute atomic E-state index is 13.3. The number of aldehydes is 1. The lowest BCUT2D eigenvalue weighted by Gasteiger charge is -2.57.